The van der Waals surface area contributed by atoms with Crippen molar-refractivity contribution in [1.29, 1.82) is 0 Å². The van der Waals surface area contributed by atoms with Gasteiger partial charge in [0, 0.05) is 36.5 Å². The number of hydrogen-bond donors (Lipinski definition) is 1. The second-order valence-electron chi connectivity index (χ2n) is 8.27. The lowest BCUT2D eigenvalue weighted by molar-refractivity contribution is -0.150. The SMILES string of the molecule is O=S(=O)(Nc1cscn1)c1cc(F)c(O[C@H]2CCN(CC(F)(F)F)C[C@@H]2c2ccc(F)c(F)c2)cc1F. The van der Waals surface area contributed by atoms with E-state index in [2.05, 4.69) is 4.98 Å². The molecule has 4 rings (SSSR count). The second kappa shape index (κ2) is 10.5. The highest BCUT2D eigenvalue weighted by molar-refractivity contribution is 7.92. The van der Waals surface area contributed by atoms with Crippen LogP contribution in [0.5, 0.6) is 5.75 Å². The average Bonchev–Trinajstić information content (AvgIpc) is 3.30. The topological polar surface area (TPSA) is 71.5 Å². The van der Waals surface area contributed by atoms with Crippen LogP contribution in [0.4, 0.5) is 36.6 Å². The van der Waals surface area contributed by atoms with Crippen molar-refractivity contribution in [2.75, 3.05) is 24.4 Å². The summed E-state index contributed by atoms with van der Waals surface area (Å²) >= 11 is 1.07. The number of ether oxygens (including phenoxy) is 1. The molecule has 1 aromatic heterocycles. The third-order valence-corrected chi connectivity index (χ3v) is 7.59. The van der Waals surface area contributed by atoms with Gasteiger partial charge in [0.15, 0.2) is 29.0 Å². The monoisotopic (exact) mass is 569 g/mol. The number of rotatable bonds is 7. The van der Waals surface area contributed by atoms with Gasteiger partial charge in [-0.25, -0.2) is 31.0 Å². The maximum absolute atomic E-state index is 14.9. The van der Waals surface area contributed by atoms with Crippen LogP contribution in [0.1, 0.15) is 17.9 Å². The first kappa shape index (κ1) is 27.1. The number of thiazole rings is 1. The van der Waals surface area contributed by atoms with E-state index in [0.717, 1.165) is 28.4 Å². The van der Waals surface area contributed by atoms with E-state index in [0.29, 0.717) is 12.1 Å². The molecule has 0 bridgehead atoms. The molecule has 0 unspecified atom stereocenters. The minimum Gasteiger partial charge on any atom is -0.487 e. The first-order chi connectivity index (χ1) is 17.3. The fourth-order valence-corrected chi connectivity index (χ4v) is 5.65. The fourth-order valence-electron chi connectivity index (χ4n) is 4.02. The van der Waals surface area contributed by atoms with Crippen LogP contribution in [0.2, 0.25) is 0 Å². The number of aromatic nitrogens is 1. The number of piperidine rings is 1. The lowest BCUT2D eigenvalue weighted by atomic mass is 9.87. The molecule has 15 heteroatoms. The predicted molar refractivity (Wildman–Crippen MR) is 120 cm³/mol. The number of nitrogens with zero attached hydrogens (tertiary/aromatic N) is 2. The smallest absolute Gasteiger partial charge is 0.401 e. The minimum absolute atomic E-state index is 0.0910. The fraction of sp³-hybridized carbons (Fsp3) is 0.318. The van der Waals surface area contributed by atoms with Crippen LogP contribution in [0.3, 0.4) is 0 Å². The highest BCUT2D eigenvalue weighted by atomic mass is 32.2. The number of nitrogens with one attached hydrogen (secondary N) is 1. The first-order valence-electron chi connectivity index (χ1n) is 10.6. The molecule has 1 aliphatic rings. The van der Waals surface area contributed by atoms with Crippen LogP contribution < -0.4 is 9.46 Å². The molecule has 2 heterocycles. The Balaban J connectivity index is 1.61. The summed E-state index contributed by atoms with van der Waals surface area (Å²) in [6.07, 6.45) is -5.67. The van der Waals surface area contributed by atoms with E-state index in [9.17, 15) is 39.2 Å². The zero-order valence-electron chi connectivity index (χ0n) is 18.6. The van der Waals surface area contributed by atoms with E-state index >= 15 is 0 Å². The summed E-state index contributed by atoms with van der Waals surface area (Å²) in [6, 6.07) is 3.71. The van der Waals surface area contributed by atoms with Crippen LogP contribution in [-0.2, 0) is 10.0 Å². The van der Waals surface area contributed by atoms with E-state index in [1.165, 1.54) is 17.0 Å². The van der Waals surface area contributed by atoms with Gasteiger partial charge in [-0.3, -0.25) is 9.62 Å². The number of alkyl halides is 3. The number of likely N-dealkylation sites (tertiary alicyclic amines) is 1. The van der Waals surface area contributed by atoms with E-state index in [-0.39, 0.29) is 30.9 Å². The van der Waals surface area contributed by atoms with Crippen molar-refractivity contribution in [3.8, 4) is 5.75 Å². The third kappa shape index (κ3) is 6.51. The summed E-state index contributed by atoms with van der Waals surface area (Å²) in [5.41, 5.74) is 1.43. The van der Waals surface area contributed by atoms with Gasteiger partial charge in [0.2, 0.25) is 0 Å². The molecule has 1 saturated heterocycles. The summed E-state index contributed by atoms with van der Waals surface area (Å²) in [4.78, 5) is 3.75. The standard InChI is InChI=1S/C22H18F7N3O3S2/c23-14-2-1-12(5-15(14)24)13-8-32(10-22(27,28)29)4-3-18(13)35-19-6-17(26)20(7-16(19)25)37(33,34)31-21-9-36-11-30-21/h1-2,5-7,9,11,13,18,31H,3-4,8,10H2/t13-,18+/m1/s1. The van der Waals surface area contributed by atoms with Gasteiger partial charge in [-0.2, -0.15) is 13.2 Å². The molecule has 3 aromatic rings. The van der Waals surface area contributed by atoms with Gasteiger partial charge in [0.25, 0.3) is 10.0 Å². The summed E-state index contributed by atoms with van der Waals surface area (Å²) in [5, 5.41) is 1.34. The molecule has 1 fully saturated rings. The van der Waals surface area contributed by atoms with Gasteiger partial charge >= 0.3 is 6.18 Å². The normalized spacial score (nSPS) is 19.1. The maximum atomic E-state index is 14.9. The Morgan fingerprint density at radius 2 is 1.81 bits per heavy atom. The Morgan fingerprint density at radius 1 is 1.05 bits per heavy atom. The summed E-state index contributed by atoms with van der Waals surface area (Å²) in [7, 11) is -4.54. The Morgan fingerprint density at radius 3 is 2.46 bits per heavy atom. The molecular weight excluding hydrogens is 551 g/mol. The van der Waals surface area contributed by atoms with Gasteiger partial charge in [0.05, 0.1) is 12.1 Å². The van der Waals surface area contributed by atoms with E-state index in [4.69, 9.17) is 4.74 Å². The van der Waals surface area contributed by atoms with Crippen molar-refractivity contribution in [1.82, 2.24) is 9.88 Å². The van der Waals surface area contributed by atoms with Crippen LogP contribution in [0.15, 0.2) is 46.1 Å². The third-order valence-electron chi connectivity index (χ3n) is 5.63. The Bertz CT molecular complexity index is 1370. The predicted octanol–water partition coefficient (Wildman–Crippen LogP) is 5.30. The van der Waals surface area contributed by atoms with E-state index in [1.54, 1.807) is 0 Å². The van der Waals surface area contributed by atoms with Gasteiger partial charge in [-0.15, -0.1) is 11.3 Å². The molecule has 0 spiro atoms. The van der Waals surface area contributed by atoms with Crippen LogP contribution in [0.25, 0.3) is 0 Å². The van der Waals surface area contributed by atoms with Crippen LogP contribution in [-0.4, -0.2) is 50.2 Å². The zero-order chi connectivity index (χ0) is 27.0. The molecular formula is C22H18F7N3O3S2. The van der Waals surface area contributed by atoms with Crippen molar-refractivity contribution in [2.45, 2.75) is 29.5 Å². The molecule has 2 aromatic carbocycles. The number of anilines is 1. The Labute approximate surface area is 210 Å². The number of benzene rings is 2. The number of halogens is 7. The van der Waals surface area contributed by atoms with E-state index in [1.807, 2.05) is 4.72 Å². The molecule has 0 amide bonds. The first-order valence-corrected chi connectivity index (χ1v) is 13.1. The number of hydrogen-bond acceptors (Lipinski definition) is 6. The molecule has 1 N–H and O–H groups in total. The average molecular weight is 570 g/mol. The quantitative estimate of drug-likeness (QED) is 0.391. The van der Waals surface area contributed by atoms with Gasteiger partial charge < -0.3 is 4.74 Å². The van der Waals surface area contributed by atoms with Gasteiger partial charge in [-0.1, -0.05) is 6.07 Å². The molecule has 0 radical (unpaired) electrons. The zero-order valence-corrected chi connectivity index (χ0v) is 20.2. The van der Waals surface area contributed by atoms with Crippen molar-refractivity contribution >= 4 is 27.2 Å². The van der Waals surface area contributed by atoms with E-state index < -0.39 is 68.7 Å². The highest BCUT2D eigenvalue weighted by Crippen LogP contribution is 2.35. The second-order valence-corrected chi connectivity index (χ2v) is 10.6. The Hall–Kier alpha value is -2.91. The lowest BCUT2D eigenvalue weighted by Crippen LogP contribution is -2.47. The molecule has 0 aliphatic carbocycles. The van der Waals surface area contributed by atoms with Gasteiger partial charge in [0.1, 0.15) is 16.8 Å². The summed E-state index contributed by atoms with van der Waals surface area (Å²) in [5.74, 6) is -6.75. The molecule has 37 heavy (non-hydrogen) atoms. The molecule has 1 aliphatic heterocycles. The van der Waals surface area contributed by atoms with Crippen molar-refractivity contribution < 1.29 is 43.9 Å². The molecule has 0 saturated carbocycles. The lowest BCUT2D eigenvalue weighted by Gasteiger charge is -2.39. The summed E-state index contributed by atoms with van der Waals surface area (Å²) < 4.78 is 128. The Kier molecular flexibility index (Phi) is 7.67. The maximum Gasteiger partial charge on any atom is 0.401 e. The van der Waals surface area contributed by atoms with Crippen molar-refractivity contribution in [2.24, 2.45) is 0 Å². The largest absolute Gasteiger partial charge is 0.487 e. The van der Waals surface area contributed by atoms with Crippen molar-refractivity contribution in [3.05, 3.63) is 70.1 Å². The highest BCUT2D eigenvalue weighted by Gasteiger charge is 2.38. The van der Waals surface area contributed by atoms with Crippen molar-refractivity contribution in [3.63, 3.8) is 0 Å². The summed E-state index contributed by atoms with van der Waals surface area (Å²) in [6.45, 7) is -1.68. The number of sulfonamides is 1. The molecule has 6 nitrogen and oxygen atoms in total. The molecule has 200 valence electrons. The molecule has 2 atom stereocenters. The van der Waals surface area contributed by atoms with Crippen LogP contribution in [0, 0.1) is 23.3 Å². The van der Waals surface area contributed by atoms with Gasteiger partial charge in [-0.05, 0) is 24.1 Å². The van der Waals surface area contributed by atoms with Crippen LogP contribution >= 0.6 is 11.3 Å². The minimum atomic E-state index is -4.54.